The second kappa shape index (κ2) is 14.8. The molecule has 9 heteroatoms. The first kappa shape index (κ1) is 31.0. The fourth-order valence-electron chi connectivity index (χ4n) is 4.56. The zero-order valence-corrected chi connectivity index (χ0v) is 25.8. The summed E-state index contributed by atoms with van der Waals surface area (Å²) in [7, 11) is -4.12. The van der Waals surface area contributed by atoms with Gasteiger partial charge >= 0.3 is 0 Å². The highest BCUT2D eigenvalue weighted by Crippen LogP contribution is 2.26. The van der Waals surface area contributed by atoms with Gasteiger partial charge in [0.25, 0.3) is 10.0 Å². The largest absolute Gasteiger partial charge is 0.354 e. The third-order valence-electron chi connectivity index (χ3n) is 6.74. The lowest BCUT2D eigenvalue weighted by Crippen LogP contribution is -2.53. The summed E-state index contributed by atoms with van der Waals surface area (Å²) in [5.41, 5.74) is 2.06. The minimum Gasteiger partial charge on any atom is -0.354 e. The maximum atomic E-state index is 14.3. The zero-order valence-electron chi connectivity index (χ0n) is 23.4. The van der Waals surface area contributed by atoms with Crippen molar-refractivity contribution in [2.24, 2.45) is 0 Å². The van der Waals surface area contributed by atoms with E-state index in [4.69, 9.17) is 0 Å². The minimum atomic E-state index is -4.12. The van der Waals surface area contributed by atoms with E-state index in [0.717, 1.165) is 26.3 Å². The average molecular weight is 649 g/mol. The molecule has 2 amide bonds. The molecule has 0 radical (unpaired) electrons. The van der Waals surface area contributed by atoms with Gasteiger partial charge in [0.1, 0.15) is 12.6 Å². The summed E-state index contributed by atoms with van der Waals surface area (Å²) < 4.78 is 29.8. The van der Waals surface area contributed by atoms with Crippen molar-refractivity contribution in [3.8, 4) is 0 Å². The first-order valence-electron chi connectivity index (χ1n) is 13.8. The number of hydrogen-bond donors (Lipinski definition) is 1. The van der Waals surface area contributed by atoms with E-state index in [1.54, 1.807) is 42.5 Å². The lowest BCUT2D eigenvalue weighted by atomic mass is 10.0. The van der Waals surface area contributed by atoms with Gasteiger partial charge in [-0.2, -0.15) is 0 Å². The molecule has 7 nitrogen and oxygen atoms in total. The van der Waals surface area contributed by atoms with Gasteiger partial charge in [0, 0.05) is 24.0 Å². The van der Waals surface area contributed by atoms with E-state index < -0.39 is 28.5 Å². The van der Waals surface area contributed by atoms with Gasteiger partial charge in [-0.15, -0.1) is 0 Å². The van der Waals surface area contributed by atoms with Crippen LogP contribution < -0.4 is 9.62 Å². The van der Waals surface area contributed by atoms with Gasteiger partial charge in [-0.25, -0.2) is 8.42 Å². The maximum absolute atomic E-state index is 14.3. The molecule has 0 aliphatic rings. The van der Waals surface area contributed by atoms with Crippen LogP contribution in [0.15, 0.2) is 125 Å². The van der Waals surface area contributed by atoms with Crippen LogP contribution in [-0.4, -0.2) is 44.3 Å². The van der Waals surface area contributed by atoms with Gasteiger partial charge < -0.3 is 10.2 Å². The standard InChI is InChI=1S/C33H34BrN3O4S/c1-2-22-35-33(39)31(23-26-12-6-3-7-13-26)36(24-27-14-8-4-9-15-27)32(38)25-37(29-20-18-28(34)19-21-29)42(40,41)30-16-10-5-11-17-30/h3-21,31H,2,22-25H2,1H3,(H,35,39)/t31-/m0/s1. The van der Waals surface area contributed by atoms with Crippen molar-refractivity contribution in [3.63, 3.8) is 0 Å². The fourth-order valence-corrected chi connectivity index (χ4v) is 6.26. The predicted molar refractivity (Wildman–Crippen MR) is 169 cm³/mol. The number of carbonyl (C=O) groups excluding carboxylic acids is 2. The molecule has 0 aliphatic carbocycles. The van der Waals surface area contributed by atoms with Crippen molar-refractivity contribution in [2.75, 3.05) is 17.4 Å². The Balaban J connectivity index is 1.77. The maximum Gasteiger partial charge on any atom is 0.264 e. The van der Waals surface area contributed by atoms with Crippen molar-refractivity contribution >= 4 is 43.5 Å². The van der Waals surface area contributed by atoms with Crippen LogP contribution in [0.2, 0.25) is 0 Å². The van der Waals surface area contributed by atoms with Gasteiger partial charge in [0.15, 0.2) is 0 Å². The topological polar surface area (TPSA) is 86.8 Å². The molecule has 0 heterocycles. The van der Waals surface area contributed by atoms with E-state index in [-0.39, 0.29) is 23.8 Å². The number of halogens is 1. The Morgan fingerprint density at radius 3 is 1.90 bits per heavy atom. The Morgan fingerprint density at radius 1 is 0.786 bits per heavy atom. The molecule has 218 valence electrons. The third kappa shape index (κ3) is 8.08. The Hall–Kier alpha value is -3.95. The molecule has 0 fully saturated rings. The van der Waals surface area contributed by atoms with E-state index in [2.05, 4.69) is 21.2 Å². The average Bonchev–Trinajstić information content (AvgIpc) is 3.02. The number of nitrogens with zero attached hydrogens (tertiary/aromatic N) is 2. The van der Waals surface area contributed by atoms with E-state index in [1.165, 1.54) is 17.0 Å². The molecule has 0 aliphatic heterocycles. The Morgan fingerprint density at radius 2 is 1.33 bits per heavy atom. The Bertz CT molecular complexity index is 1550. The lowest BCUT2D eigenvalue weighted by Gasteiger charge is -2.34. The molecule has 1 atom stereocenters. The second-order valence-corrected chi connectivity index (χ2v) is 12.6. The fraction of sp³-hybridized carbons (Fsp3) is 0.212. The SMILES string of the molecule is CCCNC(=O)[C@H](Cc1ccccc1)N(Cc1ccccc1)C(=O)CN(c1ccc(Br)cc1)S(=O)(=O)c1ccccc1. The summed E-state index contributed by atoms with van der Waals surface area (Å²) in [6, 6.07) is 32.8. The van der Waals surface area contributed by atoms with Crippen LogP contribution in [0.1, 0.15) is 24.5 Å². The van der Waals surface area contributed by atoms with Crippen molar-refractivity contribution in [1.82, 2.24) is 10.2 Å². The molecule has 0 saturated carbocycles. The molecule has 0 unspecified atom stereocenters. The minimum absolute atomic E-state index is 0.0665. The van der Waals surface area contributed by atoms with Gasteiger partial charge in [0.2, 0.25) is 11.8 Å². The molecule has 0 spiro atoms. The van der Waals surface area contributed by atoms with Gasteiger partial charge in [-0.1, -0.05) is 102 Å². The number of carbonyl (C=O) groups is 2. The number of benzene rings is 4. The van der Waals surface area contributed by atoms with Crippen molar-refractivity contribution in [2.45, 2.75) is 37.2 Å². The quantitative estimate of drug-likeness (QED) is 0.198. The summed E-state index contributed by atoms with van der Waals surface area (Å²) in [4.78, 5) is 29.5. The molecule has 0 aromatic heterocycles. The first-order valence-corrected chi connectivity index (χ1v) is 16.0. The number of hydrogen-bond acceptors (Lipinski definition) is 4. The highest BCUT2D eigenvalue weighted by Gasteiger charge is 2.34. The Labute approximate surface area is 256 Å². The Kier molecular flexibility index (Phi) is 10.9. The normalized spacial score (nSPS) is 11.9. The first-order chi connectivity index (χ1) is 20.3. The molecule has 42 heavy (non-hydrogen) atoms. The molecular formula is C33H34BrN3O4S. The number of anilines is 1. The number of sulfonamides is 1. The van der Waals surface area contributed by atoms with Crippen LogP contribution >= 0.6 is 15.9 Å². The smallest absolute Gasteiger partial charge is 0.264 e. The third-order valence-corrected chi connectivity index (χ3v) is 9.06. The highest BCUT2D eigenvalue weighted by molar-refractivity contribution is 9.10. The summed E-state index contributed by atoms with van der Waals surface area (Å²) in [6.07, 6.45) is 1.02. The molecule has 0 saturated heterocycles. The highest BCUT2D eigenvalue weighted by atomic mass is 79.9. The second-order valence-electron chi connectivity index (χ2n) is 9.80. The van der Waals surface area contributed by atoms with Crippen molar-refractivity contribution < 1.29 is 18.0 Å². The van der Waals surface area contributed by atoms with Gasteiger partial charge in [0.05, 0.1) is 10.6 Å². The van der Waals surface area contributed by atoms with E-state index in [1.807, 2.05) is 67.6 Å². The van der Waals surface area contributed by atoms with Crippen LogP contribution in [0.3, 0.4) is 0 Å². The summed E-state index contributed by atoms with van der Waals surface area (Å²) in [5.74, 6) is -0.778. The van der Waals surface area contributed by atoms with Crippen LogP contribution in [0, 0.1) is 0 Å². The summed E-state index contributed by atoms with van der Waals surface area (Å²) in [6.45, 7) is 2.07. The van der Waals surface area contributed by atoms with Crippen LogP contribution in [0.25, 0.3) is 0 Å². The predicted octanol–water partition coefficient (Wildman–Crippen LogP) is 5.81. The monoisotopic (exact) mass is 647 g/mol. The van der Waals surface area contributed by atoms with Crippen LogP contribution in [0.4, 0.5) is 5.69 Å². The summed E-state index contributed by atoms with van der Waals surface area (Å²) >= 11 is 3.40. The number of amides is 2. The molecule has 4 rings (SSSR count). The molecule has 4 aromatic rings. The molecule has 1 N–H and O–H groups in total. The number of rotatable bonds is 13. The zero-order chi connectivity index (χ0) is 30.0. The lowest BCUT2D eigenvalue weighted by molar-refractivity contribution is -0.140. The van der Waals surface area contributed by atoms with Crippen molar-refractivity contribution in [1.29, 1.82) is 0 Å². The number of nitrogens with one attached hydrogen (secondary N) is 1. The van der Waals surface area contributed by atoms with Crippen molar-refractivity contribution in [3.05, 3.63) is 131 Å². The van der Waals surface area contributed by atoms with E-state index in [9.17, 15) is 18.0 Å². The van der Waals surface area contributed by atoms with Gasteiger partial charge in [-0.3, -0.25) is 13.9 Å². The molecule has 0 bridgehead atoms. The van der Waals surface area contributed by atoms with Crippen LogP contribution in [0.5, 0.6) is 0 Å². The molecule has 4 aromatic carbocycles. The molecular weight excluding hydrogens is 614 g/mol. The van der Waals surface area contributed by atoms with E-state index in [0.29, 0.717) is 12.2 Å². The van der Waals surface area contributed by atoms with Gasteiger partial charge in [-0.05, 0) is 53.9 Å². The van der Waals surface area contributed by atoms with Crippen LogP contribution in [-0.2, 0) is 32.6 Å². The van der Waals surface area contributed by atoms with E-state index >= 15 is 0 Å². The summed E-state index contributed by atoms with van der Waals surface area (Å²) in [5, 5.41) is 2.95.